The molecule has 144 valence electrons. The highest BCUT2D eigenvalue weighted by Gasteiger charge is 2.29. The van der Waals surface area contributed by atoms with Gasteiger partial charge in [0.1, 0.15) is 5.75 Å². The second-order valence-electron chi connectivity index (χ2n) is 6.46. The zero-order valence-electron chi connectivity index (χ0n) is 15.4. The number of ether oxygens (including phenoxy) is 2. The standard InChI is InChI=1S/C18H26ClN3O4/c1-4-26-17(23)10-22-6-5-15(11(2)9-22)21-18(24)12-7-13(19)14(20)8-16(12)25-3/h7-8,11,15H,4-6,9-10,20H2,1-3H3,(H,21,24)/t11-,15-/m0/s1. The molecule has 0 radical (unpaired) electrons. The molecule has 0 saturated carbocycles. The van der Waals surface area contributed by atoms with Crippen LogP contribution in [0.15, 0.2) is 12.1 Å². The Balaban J connectivity index is 1.98. The van der Waals surface area contributed by atoms with Crippen LogP contribution in [-0.4, -0.2) is 56.2 Å². The van der Waals surface area contributed by atoms with Crippen molar-refractivity contribution >= 4 is 29.2 Å². The first-order valence-electron chi connectivity index (χ1n) is 8.67. The van der Waals surface area contributed by atoms with Gasteiger partial charge in [-0.1, -0.05) is 18.5 Å². The molecule has 3 N–H and O–H groups in total. The third-order valence-electron chi connectivity index (χ3n) is 4.53. The average Bonchev–Trinajstić information content (AvgIpc) is 2.59. The first kappa shape index (κ1) is 20.3. The fourth-order valence-corrected chi connectivity index (χ4v) is 3.30. The van der Waals surface area contributed by atoms with Gasteiger partial charge >= 0.3 is 5.97 Å². The molecule has 8 heteroatoms. The molecule has 1 heterocycles. The van der Waals surface area contributed by atoms with Gasteiger partial charge in [-0.2, -0.15) is 0 Å². The lowest BCUT2D eigenvalue weighted by Gasteiger charge is -2.36. The number of nitrogens with one attached hydrogen (secondary N) is 1. The third kappa shape index (κ3) is 5.02. The molecular weight excluding hydrogens is 358 g/mol. The van der Waals surface area contributed by atoms with Crippen molar-refractivity contribution in [1.82, 2.24) is 10.2 Å². The van der Waals surface area contributed by atoms with E-state index in [1.54, 1.807) is 13.0 Å². The van der Waals surface area contributed by atoms with Crippen LogP contribution >= 0.6 is 11.6 Å². The van der Waals surface area contributed by atoms with Crippen LogP contribution in [0.1, 0.15) is 30.6 Å². The predicted octanol–water partition coefficient (Wildman–Crippen LogP) is 1.93. The van der Waals surface area contributed by atoms with E-state index in [0.29, 0.717) is 41.7 Å². The van der Waals surface area contributed by atoms with Gasteiger partial charge in [0.05, 0.1) is 36.5 Å². The Hall–Kier alpha value is -1.99. The number of methoxy groups -OCH3 is 1. The van der Waals surface area contributed by atoms with Gasteiger partial charge in [-0.05, 0) is 25.3 Å². The summed E-state index contributed by atoms with van der Waals surface area (Å²) in [4.78, 5) is 26.3. The number of hydrogen-bond acceptors (Lipinski definition) is 6. The minimum Gasteiger partial charge on any atom is -0.496 e. The molecule has 1 saturated heterocycles. The number of rotatable bonds is 6. The summed E-state index contributed by atoms with van der Waals surface area (Å²) in [5.74, 6) is 0.108. The molecule has 1 amide bonds. The monoisotopic (exact) mass is 383 g/mol. The second-order valence-corrected chi connectivity index (χ2v) is 6.87. The molecule has 2 atom stereocenters. The molecule has 26 heavy (non-hydrogen) atoms. The Morgan fingerprint density at radius 1 is 1.42 bits per heavy atom. The quantitative estimate of drug-likeness (QED) is 0.576. The fraction of sp³-hybridized carbons (Fsp3) is 0.556. The number of piperidine rings is 1. The van der Waals surface area contributed by atoms with Crippen molar-refractivity contribution in [3.63, 3.8) is 0 Å². The van der Waals surface area contributed by atoms with Gasteiger partial charge in [0, 0.05) is 25.2 Å². The molecule has 1 aliphatic heterocycles. The van der Waals surface area contributed by atoms with Crippen molar-refractivity contribution in [3.8, 4) is 5.75 Å². The molecule has 0 spiro atoms. The first-order valence-corrected chi connectivity index (χ1v) is 9.05. The Morgan fingerprint density at radius 3 is 2.77 bits per heavy atom. The van der Waals surface area contributed by atoms with Crippen LogP contribution in [0.2, 0.25) is 5.02 Å². The van der Waals surface area contributed by atoms with Crippen LogP contribution in [0.5, 0.6) is 5.75 Å². The van der Waals surface area contributed by atoms with Gasteiger partial charge in [-0.15, -0.1) is 0 Å². The number of nitrogen functional groups attached to an aromatic ring is 1. The Bertz CT molecular complexity index is 668. The van der Waals surface area contributed by atoms with Gasteiger partial charge in [-0.25, -0.2) is 0 Å². The molecule has 0 aromatic heterocycles. The summed E-state index contributed by atoms with van der Waals surface area (Å²) < 4.78 is 10.2. The number of esters is 1. The van der Waals surface area contributed by atoms with E-state index in [1.165, 1.54) is 13.2 Å². The van der Waals surface area contributed by atoms with Crippen molar-refractivity contribution < 1.29 is 19.1 Å². The number of anilines is 1. The maximum atomic E-state index is 12.7. The van der Waals surface area contributed by atoms with Gasteiger partial charge in [0.2, 0.25) is 0 Å². The van der Waals surface area contributed by atoms with E-state index in [9.17, 15) is 9.59 Å². The Morgan fingerprint density at radius 2 is 2.15 bits per heavy atom. The van der Waals surface area contributed by atoms with E-state index < -0.39 is 0 Å². The normalized spacial score (nSPS) is 20.5. The van der Waals surface area contributed by atoms with E-state index in [4.69, 9.17) is 26.8 Å². The summed E-state index contributed by atoms with van der Waals surface area (Å²) in [5.41, 5.74) is 6.48. The molecule has 7 nitrogen and oxygen atoms in total. The maximum absolute atomic E-state index is 12.7. The molecule has 2 rings (SSSR count). The minimum atomic E-state index is -0.251. The molecule has 1 aromatic carbocycles. The lowest BCUT2D eigenvalue weighted by atomic mass is 9.93. The lowest BCUT2D eigenvalue weighted by molar-refractivity contribution is -0.144. The van der Waals surface area contributed by atoms with E-state index >= 15 is 0 Å². The van der Waals surface area contributed by atoms with Gasteiger partial charge < -0.3 is 20.5 Å². The van der Waals surface area contributed by atoms with Crippen molar-refractivity contribution in [3.05, 3.63) is 22.7 Å². The molecule has 1 fully saturated rings. The van der Waals surface area contributed by atoms with Crippen molar-refractivity contribution in [2.24, 2.45) is 5.92 Å². The number of carbonyl (C=O) groups is 2. The highest BCUT2D eigenvalue weighted by molar-refractivity contribution is 6.33. The molecule has 0 bridgehead atoms. The topological polar surface area (TPSA) is 93.9 Å². The average molecular weight is 384 g/mol. The van der Waals surface area contributed by atoms with Gasteiger partial charge in [0.25, 0.3) is 5.91 Å². The van der Waals surface area contributed by atoms with Crippen molar-refractivity contribution in [2.45, 2.75) is 26.3 Å². The first-order chi connectivity index (χ1) is 12.3. The van der Waals surface area contributed by atoms with E-state index in [1.807, 2.05) is 4.90 Å². The molecular formula is C18H26ClN3O4. The number of halogens is 1. The Kier molecular flexibility index (Phi) is 7.11. The minimum absolute atomic E-state index is 0.00183. The third-order valence-corrected chi connectivity index (χ3v) is 4.85. The van der Waals surface area contributed by atoms with Crippen LogP contribution in [-0.2, 0) is 9.53 Å². The number of nitrogens with zero attached hydrogens (tertiary/aromatic N) is 1. The summed E-state index contributed by atoms with van der Waals surface area (Å²) >= 11 is 6.04. The number of hydrogen-bond donors (Lipinski definition) is 2. The zero-order chi connectivity index (χ0) is 19.3. The molecule has 1 aliphatic rings. The zero-order valence-corrected chi connectivity index (χ0v) is 16.1. The smallest absolute Gasteiger partial charge is 0.320 e. The van der Waals surface area contributed by atoms with Crippen LogP contribution in [0.4, 0.5) is 5.69 Å². The Labute approximate surface area is 158 Å². The van der Waals surface area contributed by atoms with Gasteiger partial charge in [0.15, 0.2) is 0 Å². The van der Waals surface area contributed by atoms with E-state index in [2.05, 4.69) is 12.2 Å². The van der Waals surface area contributed by atoms with E-state index in [-0.39, 0.29) is 30.4 Å². The van der Waals surface area contributed by atoms with Crippen LogP contribution in [0.3, 0.4) is 0 Å². The second kappa shape index (κ2) is 9.09. The fourth-order valence-electron chi connectivity index (χ4n) is 3.14. The summed E-state index contributed by atoms with van der Waals surface area (Å²) in [5, 5.41) is 3.36. The SMILES string of the molecule is CCOC(=O)CN1CC[C@H](NC(=O)c2cc(Cl)c(N)cc2OC)[C@@H](C)C1. The summed E-state index contributed by atoms with van der Waals surface area (Å²) in [6.07, 6.45) is 0.747. The lowest BCUT2D eigenvalue weighted by Crippen LogP contribution is -2.51. The number of benzene rings is 1. The van der Waals surface area contributed by atoms with Gasteiger partial charge in [-0.3, -0.25) is 14.5 Å². The number of amides is 1. The van der Waals surface area contributed by atoms with Crippen LogP contribution < -0.4 is 15.8 Å². The van der Waals surface area contributed by atoms with Crippen molar-refractivity contribution in [2.75, 3.05) is 39.1 Å². The summed E-state index contributed by atoms with van der Waals surface area (Å²) in [6, 6.07) is 3.07. The summed E-state index contributed by atoms with van der Waals surface area (Å²) in [7, 11) is 1.48. The number of carbonyl (C=O) groups excluding carboxylic acids is 2. The summed E-state index contributed by atoms with van der Waals surface area (Å²) in [6.45, 7) is 5.93. The van der Waals surface area contributed by atoms with Crippen LogP contribution in [0, 0.1) is 5.92 Å². The number of nitrogens with two attached hydrogens (primary N) is 1. The van der Waals surface area contributed by atoms with E-state index in [0.717, 1.165) is 6.42 Å². The maximum Gasteiger partial charge on any atom is 0.320 e. The number of likely N-dealkylation sites (tertiary alicyclic amines) is 1. The highest BCUT2D eigenvalue weighted by atomic mass is 35.5. The van der Waals surface area contributed by atoms with Crippen LogP contribution in [0.25, 0.3) is 0 Å². The molecule has 0 unspecified atom stereocenters. The predicted molar refractivity (Wildman–Crippen MR) is 101 cm³/mol. The highest BCUT2D eigenvalue weighted by Crippen LogP contribution is 2.29. The van der Waals surface area contributed by atoms with Crippen molar-refractivity contribution in [1.29, 1.82) is 0 Å². The molecule has 1 aromatic rings. The largest absolute Gasteiger partial charge is 0.496 e. The molecule has 0 aliphatic carbocycles.